The molecular weight excluding hydrogens is 326 g/mol. The fourth-order valence-corrected chi connectivity index (χ4v) is 2.55. The Morgan fingerprint density at radius 3 is 2.83 bits per heavy atom. The molecule has 0 aliphatic rings. The van der Waals surface area contributed by atoms with Crippen molar-refractivity contribution in [3.63, 3.8) is 0 Å². The molecule has 0 bridgehead atoms. The van der Waals surface area contributed by atoms with Crippen molar-refractivity contribution >= 4 is 28.3 Å². The van der Waals surface area contributed by atoms with E-state index in [1.807, 2.05) is 30.3 Å². The summed E-state index contributed by atoms with van der Waals surface area (Å²) in [6.07, 6.45) is 2.42. The van der Waals surface area contributed by atoms with Crippen LogP contribution in [0.15, 0.2) is 48.4 Å². The highest BCUT2D eigenvalue weighted by atomic mass is 32.1. The van der Waals surface area contributed by atoms with Crippen molar-refractivity contribution in [3.8, 4) is 0 Å². The lowest BCUT2D eigenvalue weighted by molar-refractivity contribution is -0.124. The molecule has 24 heavy (non-hydrogen) atoms. The smallest absolute Gasteiger partial charge is 0.358 e. The number of hydrogen-bond acceptors (Lipinski definition) is 6. The normalized spacial score (nSPS) is 10.0. The van der Waals surface area contributed by atoms with Gasteiger partial charge in [0.25, 0.3) is 5.91 Å². The highest BCUT2D eigenvalue weighted by molar-refractivity contribution is 7.13. The Hall–Kier alpha value is -2.67. The third-order valence-corrected chi connectivity index (χ3v) is 3.82. The first-order chi connectivity index (χ1) is 11.7. The van der Waals surface area contributed by atoms with Crippen LogP contribution < -0.4 is 10.6 Å². The molecule has 0 saturated heterocycles. The van der Waals surface area contributed by atoms with E-state index in [-0.39, 0.29) is 18.2 Å². The number of esters is 1. The minimum Gasteiger partial charge on any atom is -0.451 e. The number of carbonyl (C=O) groups is 2. The highest BCUT2D eigenvalue weighted by Crippen LogP contribution is 2.15. The molecule has 0 aliphatic heterocycles. The topological polar surface area (TPSA) is 80.3 Å². The zero-order chi connectivity index (χ0) is 17.2. The molecule has 0 saturated carbocycles. The first kappa shape index (κ1) is 17.7. The predicted molar refractivity (Wildman–Crippen MR) is 94.2 cm³/mol. The van der Waals surface area contributed by atoms with Crippen LogP contribution in [0, 0.1) is 0 Å². The molecule has 2 N–H and O–H groups in total. The van der Waals surface area contributed by atoms with E-state index in [2.05, 4.69) is 22.2 Å². The van der Waals surface area contributed by atoms with Gasteiger partial charge in [-0.05, 0) is 12.0 Å². The average Bonchev–Trinajstić information content (AvgIpc) is 3.08. The molecule has 6 nitrogen and oxygen atoms in total. The molecule has 0 aliphatic carbocycles. The fraction of sp³-hybridized carbons (Fsp3) is 0.235. The highest BCUT2D eigenvalue weighted by Gasteiger charge is 2.13. The molecule has 0 radical (unpaired) electrons. The van der Waals surface area contributed by atoms with Crippen LogP contribution in [0.4, 0.5) is 5.13 Å². The number of anilines is 1. The summed E-state index contributed by atoms with van der Waals surface area (Å²) < 4.78 is 4.96. The number of carbonyl (C=O) groups excluding carboxylic acids is 2. The fourth-order valence-electron chi connectivity index (χ4n) is 1.86. The number of benzene rings is 1. The van der Waals surface area contributed by atoms with E-state index in [1.165, 1.54) is 11.3 Å². The Kier molecular flexibility index (Phi) is 6.97. The molecule has 2 aromatic rings. The molecule has 1 heterocycles. The second kappa shape index (κ2) is 9.46. The van der Waals surface area contributed by atoms with Gasteiger partial charge in [-0.3, -0.25) is 4.79 Å². The SMILES string of the molecule is C=CCNc1nc(C(=O)OCC(=O)NCCc2ccccc2)cs1. The van der Waals surface area contributed by atoms with Crippen LogP contribution in [0.1, 0.15) is 16.1 Å². The van der Waals surface area contributed by atoms with Crippen molar-refractivity contribution in [1.29, 1.82) is 0 Å². The number of hydrogen-bond donors (Lipinski definition) is 2. The van der Waals surface area contributed by atoms with Gasteiger partial charge in [-0.1, -0.05) is 36.4 Å². The van der Waals surface area contributed by atoms with E-state index in [4.69, 9.17) is 4.74 Å². The maximum Gasteiger partial charge on any atom is 0.358 e. The Balaban J connectivity index is 1.68. The molecule has 1 aromatic carbocycles. The molecule has 0 spiro atoms. The first-order valence-electron chi connectivity index (χ1n) is 7.47. The number of thiazole rings is 1. The summed E-state index contributed by atoms with van der Waals surface area (Å²) in [5.74, 6) is -0.948. The molecule has 7 heteroatoms. The van der Waals surface area contributed by atoms with Gasteiger partial charge in [0, 0.05) is 18.5 Å². The van der Waals surface area contributed by atoms with E-state index in [1.54, 1.807) is 11.5 Å². The van der Waals surface area contributed by atoms with Gasteiger partial charge in [0.2, 0.25) is 0 Å². The lowest BCUT2D eigenvalue weighted by atomic mass is 10.1. The van der Waals surface area contributed by atoms with Gasteiger partial charge in [-0.15, -0.1) is 17.9 Å². The standard InChI is InChI=1S/C17H19N3O3S/c1-2-9-19-17-20-14(12-24-17)16(22)23-11-15(21)18-10-8-13-6-4-3-5-7-13/h2-7,12H,1,8-11H2,(H,18,21)(H,19,20). The second-order valence-corrected chi connectivity index (χ2v) is 5.73. The summed E-state index contributed by atoms with van der Waals surface area (Å²) in [5, 5.41) is 7.88. The Morgan fingerprint density at radius 1 is 1.29 bits per heavy atom. The molecule has 126 valence electrons. The monoisotopic (exact) mass is 345 g/mol. The molecule has 0 unspecified atom stereocenters. The number of aromatic nitrogens is 1. The van der Waals surface area contributed by atoms with Crippen LogP contribution in [-0.2, 0) is 16.0 Å². The third-order valence-electron chi connectivity index (χ3n) is 3.02. The van der Waals surface area contributed by atoms with Gasteiger partial charge in [-0.2, -0.15) is 0 Å². The van der Waals surface area contributed by atoms with Crippen LogP contribution in [0.25, 0.3) is 0 Å². The largest absolute Gasteiger partial charge is 0.451 e. The first-order valence-corrected chi connectivity index (χ1v) is 8.35. The third kappa shape index (κ3) is 5.85. The zero-order valence-electron chi connectivity index (χ0n) is 13.2. The summed E-state index contributed by atoms with van der Waals surface area (Å²) in [5.41, 5.74) is 1.32. The van der Waals surface area contributed by atoms with E-state index in [9.17, 15) is 9.59 Å². The molecule has 1 amide bonds. The van der Waals surface area contributed by atoms with Crippen LogP contribution in [0.3, 0.4) is 0 Å². The van der Waals surface area contributed by atoms with Gasteiger partial charge in [0.1, 0.15) is 0 Å². The summed E-state index contributed by atoms with van der Waals surface area (Å²) >= 11 is 1.29. The summed E-state index contributed by atoms with van der Waals surface area (Å²) in [7, 11) is 0. The minimum absolute atomic E-state index is 0.184. The van der Waals surface area contributed by atoms with E-state index in [0.29, 0.717) is 18.2 Å². The van der Waals surface area contributed by atoms with Crippen molar-refractivity contribution in [2.75, 3.05) is 25.0 Å². The lowest BCUT2D eigenvalue weighted by Crippen LogP contribution is -2.30. The molecule has 0 fully saturated rings. The molecular formula is C17H19N3O3S. The Morgan fingerprint density at radius 2 is 2.08 bits per heavy atom. The Labute approximate surface area is 144 Å². The van der Waals surface area contributed by atoms with Crippen molar-refractivity contribution in [2.45, 2.75) is 6.42 Å². The van der Waals surface area contributed by atoms with E-state index >= 15 is 0 Å². The summed E-state index contributed by atoms with van der Waals surface area (Å²) in [6.45, 7) is 4.32. The van der Waals surface area contributed by atoms with Crippen molar-refractivity contribution in [2.24, 2.45) is 0 Å². The maximum absolute atomic E-state index is 11.8. The molecule has 0 atom stereocenters. The van der Waals surface area contributed by atoms with Gasteiger partial charge < -0.3 is 15.4 Å². The average molecular weight is 345 g/mol. The van der Waals surface area contributed by atoms with Crippen LogP contribution in [-0.4, -0.2) is 36.6 Å². The van der Waals surface area contributed by atoms with E-state index in [0.717, 1.165) is 12.0 Å². The van der Waals surface area contributed by atoms with Gasteiger partial charge in [-0.25, -0.2) is 9.78 Å². The zero-order valence-corrected chi connectivity index (χ0v) is 14.0. The molecule has 2 rings (SSSR count). The summed E-state index contributed by atoms with van der Waals surface area (Å²) in [4.78, 5) is 27.6. The second-order valence-electron chi connectivity index (χ2n) is 4.87. The van der Waals surface area contributed by atoms with Crippen LogP contribution in [0.2, 0.25) is 0 Å². The van der Waals surface area contributed by atoms with Crippen LogP contribution in [0.5, 0.6) is 0 Å². The van der Waals surface area contributed by atoms with Gasteiger partial charge >= 0.3 is 5.97 Å². The number of ether oxygens (including phenoxy) is 1. The Bertz CT molecular complexity index is 685. The van der Waals surface area contributed by atoms with Gasteiger partial charge in [0.15, 0.2) is 17.4 Å². The van der Waals surface area contributed by atoms with E-state index < -0.39 is 5.97 Å². The number of nitrogens with one attached hydrogen (secondary N) is 2. The summed E-state index contributed by atoms with van der Waals surface area (Å²) in [6, 6.07) is 9.83. The van der Waals surface area contributed by atoms with Crippen molar-refractivity contribution in [1.82, 2.24) is 10.3 Å². The number of rotatable bonds is 9. The maximum atomic E-state index is 11.8. The number of amides is 1. The lowest BCUT2D eigenvalue weighted by Gasteiger charge is -2.06. The van der Waals surface area contributed by atoms with Crippen molar-refractivity contribution in [3.05, 3.63) is 59.6 Å². The van der Waals surface area contributed by atoms with Crippen LogP contribution >= 0.6 is 11.3 Å². The molecule has 1 aromatic heterocycles. The van der Waals surface area contributed by atoms with Crippen molar-refractivity contribution < 1.29 is 14.3 Å². The quantitative estimate of drug-likeness (QED) is 0.538. The van der Waals surface area contributed by atoms with Gasteiger partial charge in [0.05, 0.1) is 0 Å². The number of nitrogens with zero attached hydrogens (tertiary/aromatic N) is 1. The predicted octanol–water partition coefficient (Wildman–Crippen LogP) is 2.26. The minimum atomic E-state index is -0.615.